The van der Waals surface area contributed by atoms with Gasteiger partial charge in [-0.05, 0) is 49.1 Å². The third kappa shape index (κ3) is 5.03. The number of amides is 2. The lowest BCUT2D eigenvalue weighted by Crippen LogP contribution is -2.42. The normalized spacial score (nSPS) is 14.7. The molecular formula is C20H20F2N2O3. The van der Waals surface area contributed by atoms with Crippen molar-refractivity contribution in [3.8, 4) is 5.75 Å². The van der Waals surface area contributed by atoms with Crippen LogP contribution in [-0.2, 0) is 0 Å². The van der Waals surface area contributed by atoms with E-state index in [-0.39, 0.29) is 17.6 Å². The Hall–Kier alpha value is -2.96. The van der Waals surface area contributed by atoms with E-state index in [9.17, 15) is 18.4 Å². The average molecular weight is 374 g/mol. The molecule has 7 heteroatoms. The number of nitrogens with zero attached hydrogens (tertiary/aromatic N) is 1. The number of ether oxygens (including phenoxy) is 1. The van der Waals surface area contributed by atoms with Crippen LogP contribution < -0.4 is 10.1 Å². The fourth-order valence-electron chi connectivity index (χ4n) is 2.95. The van der Waals surface area contributed by atoms with E-state index in [2.05, 4.69) is 5.32 Å². The summed E-state index contributed by atoms with van der Waals surface area (Å²) in [5.74, 6) is -1.77. The van der Waals surface area contributed by atoms with Gasteiger partial charge in [-0.2, -0.15) is 0 Å². The van der Waals surface area contributed by atoms with Crippen LogP contribution in [0.25, 0.3) is 0 Å². The molecule has 2 amide bonds. The number of halogens is 2. The molecule has 1 N–H and O–H groups in total. The van der Waals surface area contributed by atoms with E-state index < -0.39 is 17.5 Å². The second-order valence-electron chi connectivity index (χ2n) is 6.45. The Morgan fingerprint density at radius 2 is 1.74 bits per heavy atom. The van der Waals surface area contributed by atoms with Gasteiger partial charge in [0.2, 0.25) is 0 Å². The number of nitrogens with one attached hydrogen (secondary N) is 1. The summed E-state index contributed by atoms with van der Waals surface area (Å²) in [6, 6.07) is 11.9. The van der Waals surface area contributed by atoms with Crippen molar-refractivity contribution in [2.45, 2.75) is 12.8 Å². The Balaban J connectivity index is 1.43. The van der Waals surface area contributed by atoms with E-state index in [4.69, 9.17) is 4.74 Å². The lowest BCUT2D eigenvalue weighted by Gasteiger charge is -2.31. The van der Waals surface area contributed by atoms with Gasteiger partial charge in [-0.1, -0.05) is 18.2 Å². The summed E-state index contributed by atoms with van der Waals surface area (Å²) in [5.41, 5.74) is 0.0813. The number of rotatable bonds is 4. The standard InChI is InChI=1S/C20H20F2N2O3/c21-17-7-6-15(12-18(17)22)19(25)23-13-14-8-10-24(11-9-14)20(26)27-16-4-2-1-3-5-16/h1-7,12,14H,8-11,13H2,(H,23,25). The van der Waals surface area contributed by atoms with Crippen LogP contribution in [0.5, 0.6) is 5.75 Å². The number of hydrogen-bond donors (Lipinski definition) is 1. The highest BCUT2D eigenvalue weighted by molar-refractivity contribution is 5.94. The first-order valence-electron chi connectivity index (χ1n) is 8.78. The van der Waals surface area contributed by atoms with Crippen LogP contribution in [0, 0.1) is 17.6 Å². The first-order valence-corrected chi connectivity index (χ1v) is 8.78. The highest BCUT2D eigenvalue weighted by atomic mass is 19.2. The van der Waals surface area contributed by atoms with Gasteiger partial charge in [0.1, 0.15) is 5.75 Å². The molecule has 1 heterocycles. The lowest BCUT2D eigenvalue weighted by atomic mass is 9.97. The van der Waals surface area contributed by atoms with Gasteiger partial charge in [0.05, 0.1) is 0 Å². The summed E-state index contributed by atoms with van der Waals surface area (Å²) in [6.45, 7) is 1.49. The average Bonchev–Trinajstić information content (AvgIpc) is 2.69. The maximum Gasteiger partial charge on any atom is 0.415 e. The largest absolute Gasteiger partial charge is 0.415 e. The summed E-state index contributed by atoms with van der Waals surface area (Å²) in [4.78, 5) is 25.8. The molecule has 0 aliphatic carbocycles. The maximum atomic E-state index is 13.2. The van der Waals surface area contributed by atoms with Crippen molar-refractivity contribution < 1.29 is 23.1 Å². The molecule has 2 aromatic rings. The predicted octanol–water partition coefficient (Wildman–Crippen LogP) is 3.61. The van der Waals surface area contributed by atoms with Gasteiger partial charge < -0.3 is 15.0 Å². The number of carbonyl (C=O) groups excluding carboxylic acids is 2. The minimum absolute atomic E-state index is 0.0813. The van der Waals surface area contributed by atoms with Gasteiger partial charge in [0, 0.05) is 25.2 Å². The Morgan fingerprint density at radius 3 is 2.41 bits per heavy atom. The van der Waals surface area contributed by atoms with E-state index in [1.165, 1.54) is 6.07 Å². The van der Waals surface area contributed by atoms with Crippen molar-refractivity contribution >= 4 is 12.0 Å². The first-order chi connectivity index (χ1) is 13.0. The second-order valence-corrected chi connectivity index (χ2v) is 6.45. The van der Waals surface area contributed by atoms with Crippen molar-refractivity contribution in [3.63, 3.8) is 0 Å². The molecule has 0 saturated carbocycles. The summed E-state index contributed by atoms with van der Waals surface area (Å²) in [7, 11) is 0. The van der Waals surface area contributed by atoms with Crippen LogP contribution in [0.4, 0.5) is 13.6 Å². The monoisotopic (exact) mass is 374 g/mol. The van der Waals surface area contributed by atoms with Crippen molar-refractivity contribution in [1.82, 2.24) is 10.2 Å². The maximum absolute atomic E-state index is 13.2. The molecule has 142 valence electrons. The van der Waals surface area contributed by atoms with Crippen molar-refractivity contribution in [3.05, 3.63) is 65.7 Å². The van der Waals surface area contributed by atoms with E-state index in [0.717, 1.165) is 25.0 Å². The summed E-state index contributed by atoms with van der Waals surface area (Å²) < 4.78 is 31.5. The number of para-hydroxylation sites is 1. The first kappa shape index (κ1) is 18.8. The SMILES string of the molecule is O=C(NCC1CCN(C(=O)Oc2ccccc2)CC1)c1ccc(F)c(F)c1. The zero-order chi connectivity index (χ0) is 19.2. The molecule has 1 aliphatic heterocycles. The predicted molar refractivity (Wildman–Crippen MR) is 95.5 cm³/mol. The van der Waals surface area contributed by atoms with E-state index in [0.29, 0.717) is 25.4 Å². The third-order valence-electron chi connectivity index (χ3n) is 4.55. The van der Waals surface area contributed by atoms with E-state index >= 15 is 0 Å². The zero-order valence-electron chi connectivity index (χ0n) is 14.7. The third-order valence-corrected chi connectivity index (χ3v) is 4.55. The topological polar surface area (TPSA) is 58.6 Å². The summed E-state index contributed by atoms with van der Waals surface area (Å²) in [6.07, 6.45) is 1.06. The summed E-state index contributed by atoms with van der Waals surface area (Å²) >= 11 is 0. The minimum Gasteiger partial charge on any atom is -0.410 e. The highest BCUT2D eigenvalue weighted by Crippen LogP contribution is 2.19. The molecular weight excluding hydrogens is 354 g/mol. The Bertz CT molecular complexity index is 806. The smallest absolute Gasteiger partial charge is 0.410 e. The minimum atomic E-state index is -1.05. The zero-order valence-corrected chi connectivity index (χ0v) is 14.7. The molecule has 0 radical (unpaired) electrons. The number of hydrogen-bond acceptors (Lipinski definition) is 3. The van der Waals surface area contributed by atoms with Crippen LogP contribution in [0.3, 0.4) is 0 Å². The van der Waals surface area contributed by atoms with Gasteiger partial charge in [0.25, 0.3) is 5.91 Å². The molecule has 5 nitrogen and oxygen atoms in total. The van der Waals surface area contributed by atoms with Crippen molar-refractivity contribution in [2.75, 3.05) is 19.6 Å². The second kappa shape index (κ2) is 8.62. The molecule has 1 fully saturated rings. The molecule has 0 unspecified atom stereocenters. The summed E-state index contributed by atoms with van der Waals surface area (Å²) in [5, 5.41) is 2.74. The molecule has 0 atom stereocenters. The van der Waals surface area contributed by atoms with E-state index in [1.54, 1.807) is 29.2 Å². The van der Waals surface area contributed by atoms with Crippen LogP contribution in [0.15, 0.2) is 48.5 Å². The number of likely N-dealkylation sites (tertiary alicyclic amines) is 1. The fourth-order valence-corrected chi connectivity index (χ4v) is 2.95. The van der Waals surface area contributed by atoms with Gasteiger partial charge in [-0.3, -0.25) is 4.79 Å². The van der Waals surface area contributed by atoms with Crippen LogP contribution in [0.1, 0.15) is 23.2 Å². The molecule has 1 saturated heterocycles. The van der Waals surface area contributed by atoms with Crippen molar-refractivity contribution in [1.29, 1.82) is 0 Å². The highest BCUT2D eigenvalue weighted by Gasteiger charge is 2.24. The van der Waals surface area contributed by atoms with Gasteiger partial charge in [-0.25, -0.2) is 13.6 Å². The van der Waals surface area contributed by atoms with Crippen molar-refractivity contribution in [2.24, 2.45) is 5.92 Å². The van der Waals surface area contributed by atoms with Gasteiger partial charge in [0.15, 0.2) is 11.6 Å². The molecule has 0 aromatic heterocycles. The van der Waals surface area contributed by atoms with E-state index in [1.807, 2.05) is 6.07 Å². The number of piperidine rings is 1. The van der Waals surface area contributed by atoms with Gasteiger partial charge >= 0.3 is 6.09 Å². The Kier molecular flexibility index (Phi) is 6.01. The molecule has 2 aromatic carbocycles. The van der Waals surface area contributed by atoms with Crippen LogP contribution in [0.2, 0.25) is 0 Å². The van der Waals surface area contributed by atoms with Crippen LogP contribution in [-0.4, -0.2) is 36.5 Å². The molecule has 0 spiro atoms. The molecule has 27 heavy (non-hydrogen) atoms. The molecule has 1 aliphatic rings. The molecule has 3 rings (SSSR count). The number of benzene rings is 2. The fraction of sp³-hybridized carbons (Fsp3) is 0.300. The molecule has 0 bridgehead atoms. The van der Waals surface area contributed by atoms with Gasteiger partial charge in [-0.15, -0.1) is 0 Å². The lowest BCUT2D eigenvalue weighted by molar-refractivity contribution is 0.0931. The Labute approximate surface area is 155 Å². The Morgan fingerprint density at radius 1 is 1.04 bits per heavy atom. The number of carbonyl (C=O) groups is 2. The quantitative estimate of drug-likeness (QED) is 0.890. The van der Waals surface area contributed by atoms with Crippen LogP contribution >= 0.6 is 0 Å².